The SMILES string of the molecule is CC(NCCC(=O)O)C(O)c1ccc2c(c1)CCCC2. The summed E-state index contributed by atoms with van der Waals surface area (Å²) in [5.41, 5.74) is 3.67. The number of aliphatic carboxylic acids is 1. The highest BCUT2D eigenvalue weighted by Gasteiger charge is 2.18. The van der Waals surface area contributed by atoms with Gasteiger partial charge in [0.15, 0.2) is 0 Å². The fourth-order valence-corrected chi connectivity index (χ4v) is 2.74. The van der Waals surface area contributed by atoms with E-state index in [9.17, 15) is 9.90 Å². The Morgan fingerprint density at radius 3 is 2.70 bits per heavy atom. The zero-order chi connectivity index (χ0) is 14.5. The molecule has 1 aliphatic rings. The van der Waals surface area contributed by atoms with Gasteiger partial charge in [0, 0.05) is 12.6 Å². The maximum absolute atomic E-state index is 10.5. The van der Waals surface area contributed by atoms with E-state index in [2.05, 4.69) is 17.4 Å². The average Bonchev–Trinajstić information content (AvgIpc) is 2.45. The van der Waals surface area contributed by atoms with Crippen molar-refractivity contribution < 1.29 is 15.0 Å². The van der Waals surface area contributed by atoms with E-state index < -0.39 is 12.1 Å². The molecule has 110 valence electrons. The lowest BCUT2D eigenvalue weighted by atomic mass is 9.89. The highest BCUT2D eigenvalue weighted by atomic mass is 16.4. The van der Waals surface area contributed by atoms with Gasteiger partial charge in [-0.1, -0.05) is 18.2 Å². The lowest BCUT2D eigenvalue weighted by Gasteiger charge is -2.23. The number of aliphatic hydroxyl groups is 1. The molecule has 2 atom stereocenters. The van der Waals surface area contributed by atoms with Gasteiger partial charge in [0.1, 0.15) is 0 Å². The Morgan fingerprint density at radius 1 is 1.30 bits per heavy atom. The Labute approximate surface area is 119 Å². The first kappa shape index (κ1) is 15.0. The van der Waals surface area contributed by atoms with Crippen LogP contribution in [-0.4, -0.2) is 28.8 Å². The van der Waals surface area contributed by atoms with E-state index in [1.165, 1.54) is 24.0 Å². The van der Waals surface area contributed by atoms with Crippen molar-refractivity contribution in [3.05, 3.63) is 34.9 Å². The second kappa shape index (κ2) is 6.86. The van der Waals surface area contributed by atoms with Crippen LogP contribution < -0.4 is 5.32 Å². The number of benzene rings is 1. The molecule has 0 saturated carbocycles. The second-order valence-corrected chi connectivity index (χ2v) is 5.57. The summed E-state index contributed by atoms with van der Waals surface area (Å²) < 4.78 is 0. The summed E-state index contributed by atoms with van der Waals surface area (Å²) in [5, 5.41) is 22.0. The Bertz CT molecular complexity index is 473. The summed E-state index contributed by atoms with van der Waals surface area (Å²) >= 11 is 0. The van der Waals surface area contributed by atoms with Gasteiger partial charge < -0.3 is 15.5 Å². The largest absolute Gasteiger partial charge is 0.481 e. The van der Waals surface area contributed by atoms with Crippen molar-refractivity contribution in [3.63, 3.8) is 0 Å². The summed E-state index contributed by atoms with van der Waals surface area (Å²) in [5.74, 6) is -0.826. The molecule has 0 heterocycles. The molecule has 4 heteroatoms. The predicted molar refractivity (Wildman–Crippen MR) is 77.8 cm³/mol. The van der Waals surface area contributed by atoms with E-state index in [-0.39, 0.29) is 12.5 Å². The summed E-state index contributed by atoms with van der Waals surface area (Å²) in [6, 6.07) is 6.06. The first-order chi connectivity index (χ1) is 9.58. The van der Waals surface area contributed by atoms with E-state index in [0.29, 0.717) is 6.54 Å². The number of rotatable bonds is 6. The third-order valence-electron chi connectivity index (χ3n) is 3.99. The van der Waals surface area contributed by atoms with Crippen LogP contribution in [0, 0.1) is 0 Å². The molecule has 1 aromatic rings. The summed E-state index contributed by atoms with van der Waals surface area (Å²) in [7, 11) is 0. The molecule has 1 aliphatic carbocycles. The highest BCUT2D eigenvalue weighted by molar-refractivity contribution is 5.66. The molecule has 2 unspecified atom stereocenters. The second-order valence-electron chi connectivity index (χ2n) is 5.57. The summed E-state index contributed by atoms with van der Waals surface area (Å²) in [6.45, 7) is 2.25. The van der Waals surface area contributed by atoms with Crippen molar-refractivity contribution in [1.82, 2.24) is 5.32 Å². The van der Waals surface area contributed by atoms with E-state index in [1.807, 2.05) is 13.0 Å². The van der Waals surface area contributed by atoms with Crippen LogP contribution in [0.25, 0.3) is 0 Å². The fourth-order valence-electron chi connectivity index (χ4n) is 2.74. The van der Waals surface area contributed by atoms with Crippen LogP contribution >= 0.6 is 0 Å². The standard InChI is InChI=1S/C16H23NO3/c1-11(17-9-8-15(18)19)16(20)14-7-6-12-4-2-3-5-13(12)10-14/h6-7,10-11,16-17,20H,2-5,8-9H2,1H3,(H,18,19). The molecule has 0 radical (unpaired) electrons. The molecule has 0 spiro atoms. The minimum atomic E-state index is -0.826. The molecule has 20 heavy (non-hydrogen) atoms. The molecule has 1 aromatic carbocycles. The van der Waals surface area contributed by atoms with Crippen molar-refractivity contribution in [1.29, 1.82) is 0 Å². The monoisotopic (exact) mass is 277 g/mol. The average molecular weight is 277 g/mol. The van der Waals surface area contributed by atoms with Crippen LogP contribution in [0.4, 0.5) is 0 Å². The smallest absolute Gasteiger partial charge is 0.304 e. The number of carboxylic acid groups (broad SMARTS) is 1. The van der Waals surface area contributed by atoms with Gasteiger partial charge >= 0.3 is 5.97 Å². The molecule has 0 saturated heterocycles. The van der Waals surface area contributed by atoms with Gasteiger partial charge in [-0.2, -0.15) is 0 Å². The Kier molecular flexibility index (Phi) is 5.15. The van der Waals surface area contributed by atoms with Crippen LogP contribution in [-0.2, 0) is 17.6 Å². The molecule has 0 fully saturated rings. The lowest BCUT2D eigenvalue weighted by Crippen LogP contribution is -2.33. The van der Waals surface area contributed by atoms with Crippen LogP contribution in [0.1, 0.15) is 49.0 Å². The maximum Gasteiger partial charge on any atom is 0.304 e. The topological polar surface area (TPSA) is 69.6 Å². The van der Waals surface area contributed by atoms with E-state index in [0.717, 1.165) is 18.4 Å². The lowest BCUT2D eigenvalue weighted by molar-refractivity contribution is -0.136. The molecule has 0 bridgehead atoms. The molecule has 0 aromatic heterocycles. The summed E-state index contributed by atoms with van der Waals surface area (Å²) in [6.07, 6.45) is 4.17. The molecule has 0 aliphatic heterocycles. The van der Waals surface area contributed by atoms with Crippen LogP contribution in [0.2, 0.25) is 0 Å². The van der Waals surface area contributed by atoms with Crippen molar-refractivity contribution in [2.75, 3.05) is 6.54 Å². The number of carbonyl (C=O) groups is 1. The Balaban J connectivity index is 1.97. The number of aliphatic hydroxyl groups excluding tert-OH is 1. The van der Waals surface area contributed by atoms with Gasteiger partial charge in [0.2, 0.25) is 0 Å². The molecule has 3 N–H and O–H groups in total. The summed E-state index contributed by atoms with van der Waals surface area (Å²) in [4.78, 5) is 10.5. The maximum atomic E-state index is 10.5. The molecule has 4 nitrogen and oxygen atoms in total. The molecule has 2 rings (SSSR count). The molecular weight excluding hydrogens is 254 g/mol. The van der Waals surface area contributed by atoms with Crippen molar-refractivity contribution in [2.24, 2.45) is 0 Å². The van der Waals surface area contributed by atoms with Crippen LogP contribution in [0.3, 0.4) is 0 Å². The Morgan fingerprint density at radius 2 is 2.00 bits per heavy atom. The fraction of sp³-hybridized carbons (Fsp3) is 0.562. The number of carboxylic acids is 1. The minimum absolute atomic E-state index is 0.0707. The zero-order valence-corrected chi connectivity index (χ0v) is 11.9. The molecular formula is C16H23NO3. The van der Waals surface area contributed by atoms with Gasteiger partial charge in [-0.25, -0.2) is 0 Å². The van der Waals surface area contributed by atoms with E-state index in [4.69, 9.17) is 5.11 Å². The van der Waals surface area contributed by atoms with Crippen molar-refractivity contribution >= 4 is 5.97 Å². The van der Waals surface area contributed by atoms with Crippen molar-refractivity contribution in [3.8, 4) is 0 Å². The van der Waals surface area contributed by atoms with E-state index >= 15 is 0 Å². The third kappa shape index (κ3) is 3.81. The number of fused-ring (bicyclic) bond motifs is 1. The Hall–Kier alpha value is -1.39. The normalized spacial score (nSPS) is 17.3. The van der Waals surface area contributed by atoms with Gasteiger partial charge in [-0.05, 0) is 49.3 Å². The van der Waals surface area contributed by atoms with Gasteiger partial charge in [-0.15, -0.1) is 0 Å². The van der Waals surface area contributed by atoms with Crippen LogP contribution in [0.5, 0.6) is 0 Å². The van der Waals surface area contributed by atoms with Crippen molar-refractivity contribution in [2.45, 2.75) is 51.2 Å². The minimum Gasteiger partial charge on any atom is -0.481 e. The highest BCUT2D eigenvalue weighted by Crippen LogP contribution is 2.26. The van der Waals surface area contributed by atoms with Gasteiger partial charge in [0.25, 0.3) is 0 Å². The quantitative estimate of drug-likeness (QED) is 0.744. The first-order valence-electron chi connectivity index (χ1n) is 7.33. The number of hydrogen-bond acceptors (Lipinski definition) is 3. The van der Waals surface area contributed by atoms with Gasteiger partial charge in [0.05, 0.1) is 12.5 Å². The number of hydrogen-bond donors (Lipinski definition) is 3. The van der Waals surface area contributed by atoms with Gasteiger partial charge in [-0.3, -0.25) is 4.79 Å². The number of nitrogens with one attached hydrogen (secondary N) is 1. The first-order valence-corrected chi connectivity index (χ1v) is 7.33. The number of aryl methyl sites for hydroxylation is 2. The zero-order valence-electron chi connectivity index (χ0n) is 11.9. The van der Waals surface area contributed by atoms with E-state index in [1.54, 1.807) is 0 Å². The molecule has 0 amide bonds. The predicted octanol–water partition coefficient (Wildman–Crippen LogP) is 2.05. The van der Waals surface area contributed by atoms with Crippen LogP contribution in [0.15, 0.2) is 18.2 Å². The third-order valence-corrected chi connectivity index (χ3v) is 3.99.